The summed E-state index contributed by atoms with van der Waals surface area (Å²) in [6.07, 6.45) is -3.49. The standard InChI is InChI=1S/C14H9F5N2O/c15-10-3-6-13(12(16)7-10)21-20-8-9-1-4-11(5-2-9)22-14(17,18)19/h1-8,21H/b20-8+. The van der Waals surface area contributed by atoms with Crippen LogP contribution >= 0.6 is 0 Å². The van der Waals surface area contributed by atoms with Gasteiger partial charge in [0.2, 0.25) is 0 Å². The Balaban J connectivity index is 1.98. The lowest BCUT2D eigenvalue weighted by Crippen LogP contribution is -2.17. The van der Waals surface area contributed by atoms with Crippen molar-refractivity contribution in [3.05, 3.63) is 59.7 Å². The molecule has 0 aliphatic rings. The molecule has 2 rings (SSSR count). The van der Waals surface area contributed by atoms with E-state index in [4.69, 9.17) is 0 Å². The Labute approximate surface area is 122 Å². The summed E-state index contributed by atoms with van der Waals surface area (Å²) in [6.45, 7) is 0. The smallest absolute Gasteiger partial charge is 0.406 e. The molecule has 0 amide bonds. The van der Waals surface area contributed by atoms with Crippen LogP contribution in [0.3, 0.4) is 0 Å². The van der Waals surface area contributed by atoms with Crippen molar-refractivity contribution >= 4 is 11.9 Å². The van der Waals surface area contributed by atoms with E-state index in [1.54, 1.807) is 0 Å². The number of ether oxygens (including phenoxy) is 1. The fourth-order valence-corrected chi connectivity index (χ4v) is 1.51. The van der Waals surface area contributed by atoms with Crippen molar-refractivity contribution in [3.63, 3.8) is 0 Å². The van der Waals surface area contributed by atoms with Crippen LogP contribution in [0.1, 0.15) is 5.56 Å². The zero-order valence-corrected chi connectivity index (χ0v) is 10.9. The van der Waals surface area contributed by atoms with Gasteiger partial charge in [-0.15, -0.1) is 13.2 Å². The summed E-state index contributed by atoms with van der Waals surface area (Å²) in [7, 11) is 0. The monoisotopic (exact) mass is 316 g/mol. The highest BCUT2D eigenvalue weighted by Gasteiger charge is 2.30. The van der Waals surface area contributed by atoms with Crippen molar-refractivity contribution < 1.29 is 26.7 Å². The molecule has 0 fully saturated rings. The van der Waals surface area contributed by atoms with E-state index in [0.717, 1.165) is 18.2 Å². The molecule has 1 N–H and O–H groups in total. The highest BCUT2D eigenvalue weighted by atomic mass is 19.4. The van der Waals surface area contributed by atoms with Crippen LogP contribution in [0.2, 0.25) is 0 Å². The summed E-state index contributed by atoms with van der Waals surface area (Å²) < 4.78 is 65.6. The molecule has 0 heterocycles. The van der Waals surface area contributed by atoms with Crippen LogP contribution in [0.25, 0.3) is 0 Å². The van der Waals surface area contributed by atoms with Gasteiger partial charge in [0.15, 0.2) is 5.82 Å². The van der Waals surface area contributed by atoms with Crippen molar-refractivity contribution in [3.8, 4) is 5.75 Å². The zero-order valence-electron chi connectivity index (χ0n) is 10.9. The normalized spacial score (nSPS) is 11.7. The predicted molar refractivity (Wildman–Crippen MR) is 70.7 cm³/mol. The number of hydrazone groups is 1. The van der Waals surface area contributed by atoms with Crippen molar-refractivity contribution in [2.75, 3.05) is 5.43 Å². The molecule has 0 saturated heterocycles. The number of benzene rings is 2. The van der Waals surface area contributed by atoms with Crippen molar-refractivity contribution in [2.45, 2.75) is 6.36 Å². The molecule has 22 heavy (non-hydrogen) atoms. The molecule has 0 saturated carbocycles. The van der Waals surface area contributed by atoms with Gasteiger partial charge in [0.05, 0.1) is 11.9 Å². The number of hydrogen-bond donors (Lipinski definition) is 1. The summed E-state index contributed by atoms with van der Waals surface area (Å²) in [5, 5.41) is 3.71. The van der Waals surface area contributed by atoms with Gasteiger partial charge in [-0.05, 0) is 42.0 Å². The van der Waals surface area contributed by atoms with Gasteiger partial charge in [-0.25, -0.2) is 8.78 Å². The van der Waals surface area contributed by atoms with E-state index in [2.05, 4.69) is 15.3 Å². The second-order valence-electron chi connectivity index (χ2n) is 4.11. The van der Waals surface area contributed by atoms with Gasteiger partial charge in [-0.1, -0.05) is 0 Å². The third-order valence-corrected chi connectivity index (χ3v) is 2.44. The third kappa shape index (κ3) is 4.72. The molecule has 0 unspecified atom stereocenters. The summed E-state index contributed by atoms with van der Waals surface area (Å²) in [6, 6.07) is 7.84. The van der Waals surface area contributed by atoms with Gasteiger partial charge in [0, 0.05) is 6.07 Å². The molecule has 0 aliphatic heterocycles. The van der Waals surface area contributed by atoms with Gasteiger partial charge >= 0.3 is 6.36 Å². The van der Waals surface area contributed by atoms with E-state index in [0.29, 0.717) is 11.6 Å². The molecule has 0 atom stereocenters. The lowest BCUT2D eigenvalue weighted by molar-refractivity contribution is -0.274. The van der Waals surface area contributed by atoms with Crippen LogP contribution in [-0.4, -0.2) is 12.6 Å². The summed E-state index contributed by atoms with van der Waals surface area (Å²) in [4.78, 5) is 0. The minimum absolute atomic E-state index is 0.0327. The molecule has 2 aromatic carbocycles. The molecule has 0 spiro atoms. The summed E-state index contributed by atoms with van der Waals surface area (Å²) in [5.41, 5.74) is 2.79. The van der Waals surface area contributed by atoms with Crippen molar-refractivity contribution in [2.24, 2.45) is 5.10 Å². The highest BCUT2D eigenvalue weighted by Crippen LogP contribution is 2.22. The van der Waals surface area contributed by atoms with Crippen molar-refractivity contribution in [1.29, 1.82) is 0 Å². The molecule has 3 nitrogen and oxygen atoms in total. The number of nitrogens with one attached hydrogen (secondary N) is 1. The Morgan fingerprint density at radius 1 is 1.00 bits per heavy atom. The number of nitrogens with zero attached hydrogens (tertiary/aromatic N) is 1. The van der Waals surface area contributed by atoms with Crippen molar-refractivity contribution in [1.82, 2.24) is 0 Å². The Hall–Kier alpha value is -2.64. The maximum atomic E-state index is 13.3. The SMILES string of the molecule is Fc1ccc(N/N=C/c2ccc(OC(F)(F)F)cc2)c(F)c1. The molecular formula is C14H9F5N2O. The zero-order chi connectivity index (χ0) is 16.2. The predicted octanol–water partition coefficient (Wildman–Crippen LogP) is 4.31. The van der Waals surface area contributed by atoms with E-state index < -0.39 is 18.0 Å². The molecule has 8 heteroatoms. The summed E-state index contributed by atoms with van der Waals surface area (Å²) in [5.74, 6) is -1.89. The number of halogens is 5. The van der Waals surface area contributed by atoms with Crippen LogP contribution in [0.15, 0.2) is 47.6 Å². The average Bonchev–Trinajstić information content (AvgIpc) is 2.41. The molecule has 0 aromatic heterocycles. The molecule has 0 aliphatic carbocycles. The minimum Gasteiger partial charge on any atom is -0.406 e. The minimum atomic E-state index is -4.75. The number of alkyl halides is 3. The first-order valence-electron chi connectivity index (χ1n) is 5.93. The average molecular weight is 316 g/mol. The Morgan fingerprint density at radius 2 is 1.68 bits per heavy atom. The quantitative estimate of drug-likeness (QED) is 0.518. The van der Waals surface area contributed by atoms with Gasteiger partial charge in [0.1, 0.15) is 11.6 Å². The number of hydrogen-bond acceptors (Lipinski definition) is 3. The Kier molecular flexibility index (Phi) is 4.59. The van der Waals surface area contributed by atoms with Crippen LogP contribution in [0.4, 0.5) is 27.6 Å². The molecule has 0 radical (unpaired) electrons. The fourth-order valence-electron chi connectivity index (χ4n) is 1.51. The molecule has 116 valence electrons. The van der Waals surface area contributed by atoms with Crippen LogP contribution in [0, 0.1) is 11.6 Å². The number of anilines is 1. The second-order valence-corrected chi connectivity index (χ2v) is 4.11. The van der Waals surface area contributed by atoms with E-state index >= 15 is 0 Å². The van der Waals surface area contributed by atoms with E-state index in [1.807, 2.05) is 0 Å². The van der Waals surface area contributed by atoms with Crippen LogP contribution in [0.5, 0.6) is 5.75 Å². The van der Waals surface area contributed by atoms with Gasteiger partial charge in [-0.2, -0.15) is 5.10 Å². The lowest BCUT2D eigenvalue weighted by atomic mass is 10.2. The number of rotatable bonds is 4. The molecular weight excluding hydrogens is 307 g/mol. The second kappa shape index (κ2) is 6.42. The van der Waals surface area contributed by atoms with Crippen LogP contribution in [-0.2, 0) is 0 Å². The summed E-state index contributed by atoms with van der Waals surface area (Å²) >= 11 is 0. The largest absolute Gasteiger partial charge is 0.573 e. The third-order valence-electron chi connectivity index (χ3n) is 2.44. The van der Waals surface area contributed by atoms with Crippen LogP contribution < -0.4 is 10.2 Å². The maximum Gasteiger partial charge on any atom is 0.573 e. The Morgan fingerprint density at radius 3 is 2.27 bits per heavy atom. The van der Waals surface area contributed by atoms with Gasteiger partial charge < -0.3 is 4.74 Å². The topological polar surface area (TPSA) is 33.6 Å². The maximum absolute atomic E-state index is 13.3. The first-order chi connectivity index (χ1) is 10.3. The van der Waals surface area contributed by atoms with Gasteiger partial charge in [-0.3, -0.25) is 5.43 Å². The molecule has 0 bridgehead atoms. The van der Waals surface area contributed by atoms with E-state index in [1.165, 1.54) is 24.4 Å². The fraction of sp³-hybridized carbons (Fsp3) is 0.0714. The first-order valence-corrected chi connectivity index (χ1v) is 5.93. The Bertz CT molecular complexity index is 668. The highest BCUT2D eigenvalue weighted by molar-refractivity contribution is 5.80. The van der Waals surface area contributed by atoms with E-state index in [9.17, 15) is 22.0 Å². The van der Waals surface area contributed by atoms with Gasteiger partial charge in [0.25, 0.3) is 0 Å². The molecule has 2 aromatic rings. The lowest BCUT2D eigenvalue weighted by Gasteiger charge is -2.08. The van der Waals surface area contributed by atoms with E-state index in [-0.39, 0.29) is 11.4 Å². The first kappa shape index (κ1) is 15.7.